The first-order chi connectivity index (χ1) is 5.83. The Hall–Kier alpha value is -0.340. The lowest BCUT2D eigenvalue weighted by Crippen LogP contribution is -2.39. The zero-order valence-corrected chi connectivity index (χ0v) is 8.00. The Morgan fingerprint density at radius 1 is 1.42 bits per heavy atom. The van der Waals surface area contributed by atoms with Gasteiger partial charge in [0, 0.05) is 12.6 Å². The zero-order valence-electron chi connectivity index (χ0n) is 8.00. The van der Waals surface area contributed by atoms with Gasteiger partial charge in [0.25, 0.3) is 0 Å². The molecule has 0 aromatic heterocycles. The van der Waals surface area contributed by atoms with Gasteiger partial charge < -0.3 is 10.6 Å². The fourth-order valence-corrected chi connectivity index (χ4v) is 1.60. The van der Waals surface area contributed by atoms with Gasteiger partial charge in [0.1, 0.15) is 0 Å². The van der Waals surface area contributed by atoms with Crippen LogP contribution in [0.25, 0.3) is 0 Å². The van der Waals surface area contributed by atoms with Gasteiger partial charge in [-0.05, 0) is 39.3 Å². The van der Waals surface area contributed by atoms with Gasteiger partial charge in [-0.25, -0.2) is 0 Å². The molecule has 1 heterocycles. The predicted octanol–water partition coefficient (Wildman–Crippen LogP) is 1.38. The molecule has 0 radical (unpaired) electrons. The Balaban J connectivity index is 2.09. The van der Waals surface area contributed by atoms with Crippen molar-refractivity contribution in [3.63, 3.8) is 0 Å². The van der Waals surface area contributed by atoms with Crippen molar-refractivity contribution >= 4 is 0 Å². The summed E-state index contributed by atoms with van der Waals surface area (Å²) < 4.78 is 0. The summed E-state index contributed by atoms with van der Waals surface area (Å²) in [6.45, 7) is 5.67. The molecule has 0 aromatic carbocycles. The van der Waals surface area contributed by atoms with Crippen LogP contribution in [0.3, 0.4) is 0 Å². The molecule has 70 valence electrons. The molecule has 2 nitrogen and oxygen atoms in total. The second-order valence-electron chi connectivity index (χ2n) is 3.54. The molecule has 0 bridgehead atoms. The fraction of sp³-hybridized carbons (Fsp3) is 0.800. The fourth-order valence-electron chi connectivity index (χ4n) is 1.60. The lowest BCUT2D eigenvalue weighted by molar-refractivity contribution is 0.217. The van der Waals surface area contributed by atoms with Crippen LogP contribution in [0.15, 0.2) is 12.2 Å². The summed E-state index contributed by atoms with van der Waals surface area (Å²) in [7, 11) is 0. The summed E-state index contributed by atoms with van der Waals surface area (Å²) in [6, 6.07) is 0.461. The van der Waals surface area contributed by atoms with Crippen LogP contribution < -0.4 is 5.73 Å². The maximum atomic E-state index is 5.81. The third kappa shape index (κ3) is 3.37. The molecule has 1 saturated heterocycles. The first kappa shape index (κ1) is 9.75. The highest BCUT2D eigenvalue weighted by molar-refractivity contribution is 4.80. The van der Waals surface area contributed by atoms with Gasteiger partial charge in [0.15, 0.2) is 0 Å². The average molecular weight is 168 g/mol. The molecule has 0 aliphatic carbocycles. The van der Waals surface area contributed by atoms with Crippen molar-refractivity contribution in [1.82, 2.24) is 4.90 Å². The third-order valence-corrected chi connectivity index (χ3v) is 2.48. The summed E-state index contributed by atoms with van der Waals surface area (Å²) >= 11 is 0. The van der Waals surface area contributed by atoms with Crippen molar-refractivity contribution in [1.29, 1.82) is 0 Å². The third-order valence-electron chi connectivity index (χ3n) is 2.48. The minimum absolute atomic E-state index is 0.461. The number of hydrogen-bond donors (Lipinski definition) is 1. The topological polar surface area (TPSA) is 29.3 Å². The van der Waals surface area contributed by atoms with E-state index in [0.29, 0.717) is 6.04 Å². The Morgan fingerprint density at radius 3 is 2.67 bits per heavy atom. The molecule has 2 heteroatoms. The van der Waals surface area contributed by atoms with E-state index in [4.69, 9.17) is 5.73 Å². The van der Waals surface area contributed by atoms with E-state index in [2.05, 4.69) is 24.0 Å². The van der Waals surface area contributed by atoms with Crippen LogP contribution in [0.4, 0.5) is 0 Å². The highest BCUT2D eigenvalue weighted by Gasteiger charge is 2.14. The summed E-state index contributed by atoms with van der Waals surface area (Å²) in [4.78, 5) is 2.50. The van der Waals surface area contributed by atoms with Crippen molar-refractivity contribution in [2.24, 2.45) is 5.73 Å². The normalized spacial score (nSPS) is 22.2. The Labute approximate surface area is 75.4 Å². The van der Waals surface area contributed by atoms with Crippen LogP contribution in [0.2, 0.25) is 0 Å². The van der Waals surface area contributed by atoms with Gasteiger partial charge >= 0.3 is 0 Å². The molecule has 1 aliphatic rings. The largest absolute Gasteiger partial charge is 0.328 e. The van der Waals surface area contributed by atoms with Crippen molar-refractivity contribution in [2.45, 2.75) is 32.2 Å². The van der Waals surface area contributed by atoms with Crippen LogP contribution in [0.5, 0.6) is 0 Å². The molecule has 0 aromatic rings. The summed E-state index contributed by atoms with van der Waals surface area (Å²) in [5.74, 6) is 0. The molecular formula is C10H20N2. The maximum Gasteiger partial charge on any atom is 0.00631 e. The molecule has 0 saturated carbocycles. The minimum atomic E-state index is 0.461. The van der Waals surface area contributed by atoms with Crippen molar-refractivity contribution < 1.29 is 0 Å². The molecule has 0 atom stereocenters. The van der Waals surface area contributed by atoms with Crippen LogP contribution in [-0.2, 0) is 0 Å². The van der Waals surface area contributed by atoms with Crippen molar-refractivity contribution in [3.8, 4) is 0 Å². The Bertz CT molecular complexity index is 135. The Kier molecular flexibility index (Phi) is 4.33. The second kappa shape index (κ2) is 5.33. The number of likely N-dealkylation sites (tertiary alicyclic amines) is 1. The van der Waals surface area contributed by atoms with E-state index in [1.54, 1.807) is 0 Å². The van der Waals surface area contributed by atoms with Gasteiger partial charge in [-0.3, -0.25) is 0 Å². The number of nitrogens with two attached hydrogens (primary N) is 1. The molecule has 12 heavy (non-hydrogen) atoms. The van der Waals surface area contributed by atoms with Crippen molar-refractivity contribution in [3.05, 3.63) is 12.2 Å². The van der Waals surface area contributed by atoms with Crippen LogP contribution >= 0.6 is 0 Å². The maximum absolute atomic E-state index is 5.81. The predicted molar refractivity (Wildman–Crippen MR) is 53.1 cm³/mol. The van der Waals surface area contributed by atoms with E-state index in [9.17, 15) is 0 Å². The van der Waals surface area contributed by atoms with E-state index >= 15 is 0 Å². The zero-order chi connectivity index (χ0) is 8.81. The average Bonchev–Trinajstić information content (AvgIpc) is 2.09. The molecule has 0 amide bonds. The molecule has 1 rings (SSSR count). The van der Waals surface area contributed by atoms with Crippen LogP contribution in [0, 0.1) is 0 Å². The van der Waals surface area contributed by atoms with E-state index in [1.807, 2.05) is 0 Å². The first-order valence-electron chi connectivity index (χ1n) is 4.92. The van der Waals surface area contributed by atoms with Crippen LogP contribution in [0.1, 0.15) is 26.2 Å². The van der Waals surface area contributed by atoms with Crippen LogP contribution in [-0.4, -0.2) is 30.6 Å². The van der Waals surface area contributed by atoms with E-state index < -0.39 is 0 Å². The van der Waals surface area contributed by atoms with Gasteiger partial charge in [-0.15, -0.1) is 0 Å². The molecule has 0 unspecified atom stereocenters. The molecular weight excluding hydrogens is 148 g/mol. The number of piperidine rings is 1. The lowest BCUT2D eigenvalue weighted by Gasteiger charge is -2.29. The molecule has 2 N–H and O–H groups in total. The number of allylic oxidation sites excluding steroid dienone is 1. The highest BCUT2D eigenvalue weighted by atomic mass is 15.1. The minimum Gasteiger partial charge on any atom is -0.328 e. The van der Waals surface area contributed by atoms with Gasteiger partial charge in [0.05, 0.1) is 0 Å². The second-order valence-corrected chi connectivity index (χ2v) is 3.54. The summed E-state index contributed by atoms with van der Waals surface area (Å²) in [5.41, 5.74) is 5.81. The standard InChI is InChI=1S/C10H20N2/c1-2-3-4-7-12-8-5-10(11)6-9-12/h2-3,10H,4-9,11H2,1H3/b3-2+. The summed E-state index contributed by atoms with van der Waals surface area (Å²) in [6.07, 6.45) is 7.89. The number of hydrogen-bond acceptors (Lipinski definition) is 2. The lowest BCUT2D eigenvalue weighted by atomic mass is 10.1. The first-order valence-corrected chi connectivity index (χ1v) is 4.92. The number of rotatable bonds is 3. The van der Waals surface area contributed by atoms with Gasteiger partial charge in [-0.2, -0.15) is 0 Å². The SMILES string of the molecule is C/C=C/CCN1CCC(N)CC1. The van der Waals surface area contributed by atoms with Gasteiger partial charge in [0.2, 0.25) is 0 Å². The molecule has 1 fully saturated rings. The molecule has 0 spiro atoms. The van der Waals surface area contributed by atoms with Crippen molar-refractivity contribution in [2.75, 3.05) is 19.6 Å². The highest BCUT2D eigenvalue weighted by Crippen LogP contribution is 2.08. The smallest absolute Gasteiger partial charge is 0.00631 e. The van der Waals surface area contributed by atoms with E-state index in [-0.39, 0.29) is 0 Å². The quantitative estimate of drug-likeness (QED) is 0.645. The van der Waals surface area contributed by atoms with E-state index in [1.165, 1.54) is 38.9 Å². The van der Waals surface area contributed by atoms with Gasteiger partial charge in [-0.1, -0.05) is 12.2 Å². The Morgan fingerprint density at radius 2 is 2.08 bits per heavy atom. The number of nitrogens with zero attached hydrogens (tertiary/aromatic N) is 1. The monoisotopic (exact) mass is 168 g/mol. The van der Waals surface area contributed by atoms with E-state index in [0.717, 1.165) is 0 Å². The summed E-state index contributed by atoms with van der Waals surface area (Å²) in [5, 5.41) is 0. The molecule has 1 aliphatic heterocycles.